The summed E-state index contributed by atoms with van der Waals surface area (Å²) in [6.07, 6.45) is 4.79. The zero-order valence-electron chi connectivity index (χ0n) is 15.8. The van der Waals surface area contributed by atoms with Crippen molar-refractivity contribution in [2.45, 2.75) is 31.8 Å². The normalized spacial score (nSPS) is 18.6. The van der Waals surface area contributed by atoms with Crippen LogP contribution in [0, 0.1) is 5.82 Å². The van der Waals surface area contributed by atoms with Crippen LogP contribution in [0.3, 0.4) is 0 Å². The molecule has 0 aliphatic carbocycles. The molecule has 3 aromatic rings. The van der Waals surface area contributed by atoms with Crippen molar-refractivity contribution >= 4 is 28.4 Å². The quantitative estimate of drug-likeness (QED) is 0.596. The summed E-state index contributed by atoms with van der Waals surface area (Å²) < 4.78 is 20.4. The molecular formula is C23H20ClFN2O2. The number of halogens is 2. The molecule has 0 saturated carbocycles. The Bertz CT molecular complexity index is 1110. The summed E-state index contributed by atoms with van der Waals surface area (Å²) in [5.41, 5.74) is 2.76. The van der Waals surface area contributed by atoms with Gasteiger partial charge in [-0.25, -0.2) is 4.39 Å². The Balaban J connectivity index is 1.56. The molecule has 1 fully saturated rings. The van der Waals surface area contributed by atoms with E-state index in [1.807, 2.05) is 29.2 Å². The minimum absolute atomic E-state index is 0.0357. The maximum atomic E-state index is 14.2. The second-order valence-electron chi connectivity index (χ2n) is 7.63. The van der Waals surface area contributed by atoms with E-state index in [1.54, 1.807) is 12.3 Å². The van der Waals surface area contributed by atoms with Gasteiger partial charge in [0, 0.05) is 47.2 Å². The predicted octanol–water partition coefficient (Wildman–Crippen LogP) is 5.01. The highest BCUT2D eigenvalue weighted by Gasteiger charge is 2.35. The lowest BCUT2D eigenvalue weighted by molar-refractivity contribution is -0.138. The Kier molecular flexibility index (Phi) is 4.63. The number of carbonyl (C=O) groups is 1. The number of pyridine rings is 1. The van der Waals surface area contributed by atoms with Gasteiger partial charge in [0.05, 0.1) is 0 Å². The smallest absolute Gasteiger partial charge is 0.263 e. The SMILES string of the molecule is O=C(C1Cc2cc(Cl)cc(-c3ccnc4c(F)cccc34)c2O1)N1CCCCC1. The van der Waals surface area contributed by atoms with Gasteiger partial charge in [-0.05, 0) is 49.1 Å². The number of carbonyl (C=O) groups excluding carboxylic acids is 1. The largest absolute Gasteiger partial charge is 0.479 e. The summed E-state index contributed by atoms with van der Waals surface area (Å²) in [5.74, 6) is 0.317. The molecule has 29 heavy (non-hydrogen) atoms. The van der Waals surface area contributed by atoms with E-state index in [2.05, 4.69) is 4.98 Å². The molecule has 0 N–H and O–H groups in total. The van der Waals surface area contributed by atoms with E-state index in [0.29, 0.717) is 28.1 Å². The third kappa shape index (κ3) is 3.23. The lowest BCUT2D eigenvalue weighted by Crippen LogP contribution is -2.43. The van der Waals surface area contributed by atoms with Crippen LogP contribution in [-0.2, 0) is 11.2 Å². The number of aromatic nitrogens is 1. The van der Waals surface area contributed by atoms with E-state index in [0.717, 1.165) is 42.6 Å². The van der Waals surface area contributed by atoms with Crippen molar-refractivity contribution in [3.05, 3.63) is 59.0 Å². The zero-order valence-corrected chi connectivity index (χ0v) is 16.6. The molecule has 3 heterocycles. The number of piperidine rings is 1. The van der Waals surface area contributed by atoms with Crippen LogP contribution in [0.15, 0.2) is 42.6 Å². The van der Waals surface area contributed by atoms with Crippen LogP contribution < -0.4 is 4.74 Å². The molecule has 1 saturated heterocycles. The monoisotopic (exact) mass is 410 g/mol. The molecule has 5 rings (SSSR count). The van der Waals surface area contributed by atoms with E-state index in [-0.39, 0.29) is 11.7 Å². The maximum absolute atomic E-state index is 14.2. The number of rotatable bonds is 2. The minimum Gasteiger partial charge on any atom is -0.479 e. The molecule has 0 radical (unpaired) electrons. The number of ether oxygens (including phenoxy) is 1. The molecule has 0 spiro atoms. The first kappa shape index (κ1) is 18.4. The van der Waals surface area contributed by atoms with Gasteiger partial charge < -0.3 is 9.64 Å². The van der Waals surface area contributed by atoms with E-state index in [1.165, 1.54) is 12.5 Å². The first-order valence-corrected chi connectivity index (χ1v) is 10.3. The molecule has 148 valence electrons. The van der Waals surface area contributed by atoms with Crippen LogP contribution in [0.25, 0.3) is 22.0 Å². The summed E-state index contributed by atoms with van der Waals surface area (Å²) in [4.78, 5) is 19.0. The fourth-order valence-electron chi connectivity index (χ4n) is 4.36. The van der Waals surface area contributed by atoms with Crippen LogP contribution in [0.2, 0.25) is 5.02 Å². The summed E-state index contributed by atoms with van der Waals surface area (Å²) in [5, 5.41) is 1.25. The molecule has 2 aliphatic rings. The van der Waals surface area contributed by atoms with Gasteiger partial charge in [-0.3, -0.25) is 9.78 Å². The average Bonchev–Trinajstić information content (AvgIpc) is 3.17. The van der Waals surface area contributed by atoms with Gasteiger partial charge in [0.2, 0.25) is 0 Å². The Hall–Kier alpha value is -2.66. The molecule has 1 atom stereocenters. The van der Waals surface area contributed by atoms with Crippen LogP contribution in [0.4, 0.5) is 4.39 Å². The zero-order chi connectivity index (χ0) is 20.0. The van der Waals surface area contributed by atoms with Crippen LogP contribution >= 0.6 is 11.6 Å². The van der Waals surface area contributed by atoms with Crippen LogP contribution in [-0.4, -0.2) is 35.0 Å². The molecule has 6 heteroatoms. The molecule has 2 aromatic carbocycles. The van der Waals surface area contributed by atoms with Gasteiger partial charge >= 0.3 is 0 Å². The van der Waals surface area contributed by atoms with Gasteiger partial charge in [0.25, 0.3) is 5.91 Å². The number of likely N-dealkylation sites (tertiary alicyclic amines) is 1. The van der Waals surface area contributed by atoms with Gasteiger partial charge in [-0.15, -0.1) is 0 Å². The number of amides is 1. The second kappa shape index (κ2) is 7.30. The Labute approximate surface area is 173 Å². The average molecular weight is 411 g/mol. The lowest BCUT2D eigenvalue weighted by atomic mass is 9.97. The highest BCUT2D eigenvalue weighted by Crippen LogP contribution is 2.43. The molecule has 2 aliphatic heterocycles. The Morgan fingerprint density at radius 2 is 1.97 bits per heavy atom. The number of hydrogen-bond acceptors (Lipinski definition) is 3. The first-order valence-electron chi connectivity index (χ1n) is 9.93. The molecule has 1 unspecified atom stereocenters. The van der Waals surface area contributed by atoms with Crippen molar-refractivity contribution in [2.75, 3.05) is 13.1 Å². The van der Waals surface area contributed by atoms with Crippen molar-refractivity contribution in [2.24, 2.45) is 0 Å². The topological polar surface area (TPSA) is 42.4 Å². The van der Waals surface area contributed by atoms with Crippen molar-refractivity contribution < 1.29 is 13.9 Å². The first-order chi connectivity index (χ1) is 14.1. The number of nitrogens with zero attached hydrogens (tertiary/aromatic N) is 2. The van der Waals surface area contributed by atoms with Crippen molar-refractivity contribution in [3.63, 3.8) is 0 Å². The molecular weight excluding hydrogens is 391 g/mol. The highest BCUT2D eigenvalue weighted by atomic mass is 35.5. The number of fused-ring (bicyclic) bond motifs is 2. The van der Waals surface area contributed by atoms with E-state index in [9.17, 15) is 9.18 Å². The predicted molar refractivity (Wildman–Crippen MR) is 111 cm³/mol. The van der Waals surface area contributed by atoms with Gasteiger partial charge in [-0.2, -0.15) is 0 Å². The van der Waals surface area contributed by atoms with Crippen LogP contribution in [0.1, 0.15) is 24.8 Å². The van der Waals surface area contributed by atoms with Gasteiger partial charge in [-0.1, -0.05) is 23.7 Å². The summed E-state index contributed by atoms with van der Waals surface area (Å²) >= 11 is 6.40. The minimum atomic E-state index is -0.537. The number of para-hydroxylation sites is 1. The van der Waals surface area contributed by atoms with E-state index in [4.69, 9.17) is 16.3 Å². The summed E-state index contributed by atoms with van der Waals surface area (Å²) in [6, 6.07) is 10.4. The molecule has 1 aromatic heterocycles. The van der Waals surface area contributed by atoms with Gasteiger partial charge in [0.15, 0.2) is 6.10 Å². The van der Waals surface area contributed by atoms with Crippen LogP contribution in [0.5, 0.6) is 5.75 Å². The molecule has 4 nitrogen and oxygen atoms in total. The summed E-state index contributed by atoms with van der Waals surface area (Å²) in [6.45, 7) is 1.58. The third-order valence-electron chi connectivity index (χ3n) is 5.75. The van der Waals surface area contributed by atoms with E-state index >= 15 is 0 Å². The third-order valence-corrected chi connectivity index (χ3v) is 5.97. The number of benzene rings is 2. The molecule has 1 amide bonds. The maximum Gasteiger partial charge on any atom is 0.263 e. The van der Waals surface area contributed by atoms with Crippen molar-refractivity contribution in [3.8, 4) is 16.9 Å². The highest BCUT2D eigenvalue weighted by molar-refractivity contribution is 6.31. The van der Waals surface area contributed by atoms with E-state index < -0.39 is 6.10 Å². The Morgan fingerprint density at radius 3 is 2.79 bits per heavy atom. The summed E-state index contributed by atoms with van der Waals surface area (Å²) in [7, 11) is 0. The fourth-order valence-corrected chi connectivity index (χ4v) is 4.60. The van der Waals surface area contributed by atoms with Crippen molar-refractivity contribution in [1.82, 2.24) is 9.88 Å². The lowest BCUT2D eigenvalue weighted by Gasteiger charge is -2.28. The van der Waals surface area contributed by atoms with Crippen molar-refractivity contribution in [1.29, 1.82) is 0 Å². The fraction of sp³-hybridized carbons (Fsp3) is 0.304. The standard InChI is InChI=1S/C23H20ClFN2O2/c24-15-11-14-12-20(23(28)27-9-2-1-3-10-27)29-22(14)18(13-15)16-7-8-26-21-17(16)5-4-6-19(21)25/h4-8,11,13,20H,1-3,9-10,12H2. The number of hydrogen-bond donors (Lipinski definition) is 0. The Morgan fingerprint density at radius 1 is 1.14 bits per heavy atom. The van der Waals surface area contributed by atoms with Gasteiger partial charge in [0.1, 0.15) is 17.1 Å². The second-order valence-corrected chi connectivity index (χ2v) is 8.07. The molecule has 0 bridgehead atoms.